The predicted molar refractivity (Wildman–Crippen MR) is 120 cm³/mol. The first kappa shape index (κ1) is 20.1. The lowest BCUT2D eigenvalue weighted by Crippen LogP contribution is -2.29. The van der Waals surface area contributed by atoms with Crippen molar-refractivity contribution < 1.29 is 9.53 Å². The van der Waals surface area contributed by atoms with Crippen molar-refractivity contribution in [2.75, 3.05) is 20.2 Å². The molecule has 0 aliphatic carbocycles. The number of pyridine rings is 2. The van der Waals surface area contributed by atoms with Gasteiger partial charge in [0.15, 0.2) is 5.65 Å². The molecule has 1 atom stereocenters. The van der Waals surface area contributed by atoms with Gasteiger partial charge in [-0.15, -0.1) is 0 Å². The molecule has 1 fully saturated rings. The van der Waals surface area contributed by atoms with Crippen molar-refractivity contribution in [2.45, 2.75) is 19.0 Å². The average molecular weight is 429 g/mol. The van der Waals surface area contributed by atoms with Gasteiger partial charge in [-0.2, -0.15) is 0 Å². The van der Waals surface area contributed by atoms with Crippen molar-refractivity contribution in [3.8, 4) is 5.69 Å². The Morgan fingerprint density at radius 3 is 2.75 bits per heavy atom. The second-order valence-electron chi connectivity index (χ2n) is 7.87. The number of para-hydroxylation sites is 1. The number of rotatable bonds is 5. The van der Waals surface area contributed by atoms with Crippen LogP contribution in [0.5, 0.6) is 0 Å². The van der Waals surface area contributed by atoms with Crippen LogP contribution in [0.25, 0.3) is 16.9 Å². The van der Waals surface area contributed by atoms with Crippen molar-refractivity contribution in [2.24, 2.45) is 0 Å². The summed E-state index contributed by atoms with van der Waals surface area (Å²) in [6.45, 7) is 2.13. The summed E-state index contributed by atoms with van der Waals surface area (Å²) in [5.74, 6) is -0.376. The van der Waals surface area contributed by atoms with E-state index in [9.17, 15) is 9.59 Å². The lowest BCUT2D eigenvalue weighted by atomic mass is 10.2. The number of nitrogens with zero attached hydrogens (tertiary/aromatic N) is 5. The predicted octanol–water partition coefficient (Wildman–Crippen LogP) is 2.82. The molecule has 0 bridgehead atoms. The topological polar surface area (TPSA) is 82.3 Å². The van der Waals surface area contributed by atoms with E-state index in [-0.39, 0.29) is 17.7 Å². The van der Waals surface area contributed by atoms with Gasteiger partial charge in [0.1, 0.15) is 0 Å². The Hall–Kier alpha value is -3.78. The van der Waals surface area contributed by atoms with E-state index < -0.39 is 0 Å². The van der Waals surface area contributed by atoms with E-state index >= 15 is 0 Å². The van der Waals surface area contributed by atoms with Crippen LogP contribution in [0.3, 0.4) is 0 Å². The minimum Gasteiger partial charge on any atom is -0.465 e. The standard InChI is InChI=1S/C24H23N5O3/c1-32-23(30)17-9-12-25-18(14-17)15-27-13-10-20(16-27)29-22-21(8-5-11-26-22)28(24(29)31)19-6-3-2-4-7-19/h2-9,11-12,14,20H,10,13,15-16H2,1H3. The summed E-state index contributed by atoms with van der Waals surface area (Å²) < 4.78 is 8.35. The Kier molecular flexibility index (Phi) is 5.28. The van der Waals surface area contributed by atoms with Gasteiger partial charge in [0.25, 0.3) is 0 Å². The highest BCUT2D eigenvalue weighted by atomic mass is 16.5. The van der Waals surface area contributed by atoms with Gasteiger partial charge in [-0.3, -0.25) is 19.0 Å². The first-order valence-corrected chi connectivity index (χ1v) is 10.5. The number of benzene rings is 1. The zero-order valence-electron chi connectivity index (χ0n) is 17.7. The molecule has 32 heavy (non-hydrogen) atoms. The van der Waals surface area contributed by atoms with Crippen molar-refractivity contribution in [3.05, 3.63) is 88.7 Å². The van der Waals surface area contributed by atoms with Gasteiger partial charge >= 0.3 is 11.7 Å². The molecule has 3 aromatic heterocycles. The molecule has 8 nitrogen and oxygen atoms in total. The summed E-state index contributed by atoms with van der Waals surface area (Å²) in [6.07, 6.45) is 4.18. The molecule has 0 N–H and O–H groups in total. The van der Waals surface area contributed by atoms with Gasteiger partial charge in [0, 0.05) is 32.0 Å². The molecule has 8 heteroatoms. The third-order valence-electron chi connectivity index (χ3n) is 5.88. The maximum Gasteiger partial charge on any atom is 0.337 e. The molecule has 0 saturated carbocycles. The van der Waals surface area contributed by atoms with Crippen LogP contribution in [-0.4, -0.2) is 50.2 Å². The number of fused-ring (bicyclic) bond motifs is 1. The fourth-order valence-corrected chi connectivity index (χ4v) is 4.41. The summed E-state index contributed by atoms with van der Waals surface area (Å²) >= 11 is 0. The summed E-state index contributed by atoms with van der Waals surface area (Å²) in [5, 5.41) is 0. The van der Waals surface area contributed by atoms with E-state index in [0.717, 1.165) is 29.9 Å². The van der Waals surface area contributed by atoms with E-state index in [1.54, 1.807) is 29.1 Å². The lowest BCUT2D eigenvalue weighted by Gasteiger charge is -2.16. The summed E-state index contributed by atoms with van der Waals surface area (Å²) in [7, 11) is 1.37. The zero-order valence-corrected chi connectivity index (χ0v) is 17.7. The van der Waals surface area contributed by atoms with Gasteiger partial charge < -0.3 is 4.74 Å². The number of carbonyl (C=O) groups excluding carboxylic acids is 1. The number of imidazole rings is 1. The third kappa shape index (κ3) is 3.58. The second kappa shape index (κ2) is 8.39. The highest BCUT2D eigenvalue weighted by Crippen LogP contribution is 2.26. The van der Waals surface area contributed by atoms with E-state index in [4.69, 9.17) is 4.74 Å². The SMILES string of the molecule is COC(=O)c1ccnc(CN2CCC(n3c(=O)n(-c4ccccc4)c4cccnc43)C2)c1. The van der Waals surface area contributed by atoms with Gasteiger partial charge in [-0.1, -0.05) is 18.2 Å². The minimum absolute atomic E-state index is 0.00801. The van der Waals surface area contributed by atoms with Crippen LogP contribution in [-0.2, 0) is 11.3 Å². The third-order valence-corrected chi connectivity index (χ3v) is 5.88. The number of ether oxygens (including phenoxy) is 1. The van der Waals surface area contributed by atoms with Gasteiger partial charge in [0.05, 0.1) is 35.6 Å². The van der Waals surface area contributed by atoms with Gasteiger partial charge in [-0.25, -0.2) is 14.6 Å². The number of hydrogen-bond donors (Lipinski definition) is 0. The molecule has 0 radical (unpaired) electrons. The van der Waals surface area contributed by atoms with E-state index in [1.807, 2.05) is 47.0 Å². The quantitative estimate of drug-likeness (QED) is 0.454. The smallest absolute Gasteiger partial charge is 0.337 e. The lowest BCUT2D eigenvalue weighted by molar-refractivity contribution is 0.0600. The van der Waals surface area contributed by atoms with E-state index in [1.165, 1.54) is 7.11 Å². The molecule has 162 valence electrons. The summed E-state index contributed by atoms with van der Waals surface area (Å²) in [6, 6.07) is 16.8. The molecule has 1 aliphatic heterocycles. The van der Waals surface area contributed by atoms with Crippen LogP contribution in [0, 0.1) is 0 Å². The summed E-state index contributed by atoms with van der Waals surface area (Å²) in [5.41, 5.74) is 3.52. The molecular weight excluding hydrogens is 406 g/mol. The second-order valence-corrected chi connectivity index (χ2v) is 7.87. The molecule has 4 aromatic rings. The van der Waals surface area contributed by atoms with Crippen LogP contribution in [0.2, 0.25) is 0 Å². The number of methoxy groups -OCH3 is 1. The highest BCUT2D eigenvalue weighted by Gasteiger charge is 2.29. The van der Waals surface area contributed by atoms with Crippen LogP contribution < -0.4 is 5.69 Å². The molecule has 1 aliphatic rings. The molecule has 1 unspecified atom stereocenters. The number of aromatic nitrogens is 4. The molecule has 5 rings (SSSR count). The Morgan fingerprint density at radius 2 is 1.94 bits per heavy atom. The maximum atomic E-state index is 13.5. The normalized spacial score (nSPS) is 16.5. The van der Waals surface area contributed by atoms with Crippen molar-refractivity contribution in [3.63, 3.8) is 0 Å². The van der Waals surface area contributed by atoms with Crippen molar-refractivity contribution in [1.82, 2.24) is 24.0 Å². The summed E-state index contributed by atoms with van der Waals surface area (Å²) in [4.78, 5) is 36.5. The number of likely N-dealkylation sites (tertiary alicyclic amines) is 1. The first-order chi connectivity index (χ1) is 15.7. The highest BCUT2D eigenvalue weighted by molar-refractivity contribution is 5.89. The average Bonchev–Trinajstić information content (AvgIpc) is 3.40. The Labute approximate surface area is 184 Å². The molecule has 4 heterocycles. The number of carbonyl (C=O) groups is 1. The fourth-order valence-electron chi connectivity index (χ4n) is 4.41. The van der Waals surface area contributed by atoms with Crippen LogP contribution >= 0.6 is 0 Å². The van der Waals surface area contributed by atoms with E-state index in [2.05, 4.69) is 14.9 Å². The minimum atomic E-state index is -0.376. The molecule has 0 spiro atoms. The maximum absolute atomic E-state index is 13.5. The Bertz CT molecular complexity index is 1330. The monoisotopic (exact) mass is 429 g/mol. The fraction of sp³-hybridized carbons (Fsp3) is 0.250. The Balaban J connectivity index is 1.44. The molecule has 0 amide bonds. The van der Waals surface area contributed by atoms with Crippen LogP contribution in [0.1, 0.15) is 28.5 Å². The van der Waals surface area contributed by atoms with Crippen molar-refractivity contribution in [1.29, 1.82) is 0 Å². The van der Waals surface area contributed by atoms with Crippen molar-refractivity contribution >= 4 is 17.1 Å². The Morgan fingerprint density at radius 1 is 1.09 bits per heavy atom. The van der Waals surface area contributed by atoms with Crippen LogP contribution in [0.4, 0.5) is 0 Å². The zero-order chi connectivity index (χ0) is 22.1. The van der Waals surface area contributed by atoms with Gasteiger partial charge in [-0.05, 0) is 42.8 Å². The van der Waals surface area contributed by atoms with Crippen LogP contribution in [0.15, 0.2) is 71.8 Å². The molecular formula is C24H23N5O3. The van der Waals surface area contributed by atoms with Gasteiger partial charge in [0.2, 0.25) is 0 Å². The molecule has 1 aromatic carbocycles. The largest absolute Gasteiger partial charge is 0.465 e. The first-order valence-electron chi connectivity index (χ1n) is 10.5. The molecule has 1 saturated heterocycles. The number of hydrogen-bond acceptors (Lipinski definition) is 6. The van der Waals surface area contributed by atoms with E-state index in [0.29, 0.717) is 24.3 Å². The number of esters is 1.